The Morgan fingerprint density at radius 2 is 1.88 bits per heavy atom. The number of likely N-dealkylation sites (tertiary alicyclic amines) is 1. The second-order valence-electron chi connectivity index (χ2n) is 8.26. The van der Waals surface area contributed by atoms with Crippen LogP contribution in [0.1, 0.15) is 57.8 Å². The Hall–Kier alpha value is -1.38. The number of amides is 1. The molecule has 3 aliphatic heterocycles. The molecule has 2 spiro atoms. The van der Waals surface area contributed by atoms with Crippen LogP contribution in [0.25, 0.3) is 0 Å². The fourth-order valence-corrected chi connectivity index (χ4v) is 5.08. The summed E-state index contributed by atoms with van der Waals surface area (Å²) in [6, 6.07) is -0.155. The Bertz CT molecular complexity index is 600. The first-order valence-corrected chi connectivity index (χ1v) is 9.93. The molecule has 2 saturated carbocycles. The van der Waals surface area contributed by atoms with Gasteiger partial charge in [-0.25, -0.2) is 9.59 Å². The van der Waals surface area contributed by atoms with Crippen molar-refractivity contribution in [3.05, 3.63) is 0 Å². The highest BCUT2D eigenvalue weighted by Gasteiger charge is 2.69. The van der Waals surface area contributed by atoms with E-state index in [1.54, 1.807) is 4.90 Å². The Kier molecular flexibility index (Phi) is 3.92. The fraction of sp³-hybridized carbons (Fsp3) is 0.889. The molecule has 2 aliphatic carbocycles. The van der Waals surface area contributed by atoms with Crippen LogP contribution in [0.2, 0.25) is 0 Å². The highest BCUT2D eigenvalue weighted by molar-refractivity contribution is 5.81. The Balaban J connectivity index is 1.29. The first kappa shape index (κ1) is 16.8. The van der Waals surface area contributed by atoms with Crippen molar-refractivity contribution in [2.24, 2.45) is 5.92 Å². The summed E-state index contributed by atoms with van der Waals surface area (Å²) in [6.07, 6.45) is 8.32. The smallest absolute Gasteiger partial charge is 0.410 e. The van der Waals surface area contributed by atoms with Crippen molar-refractivity contribution in [3.63, 3.8) is 0 Å². The van der Waals surface area contributed by atoms with Gasteiger partial charge in [0.25, 0.3) is 5.79 Å². The summed E-state index contributed by atoms with van der Waals surface area (Å²) in [5.74, 6) is -3.05. The number of ether oxygens (including phenoxy) is 3. The number of hydrogen-bond acceptors (Lipinski definition) is 7. The minimum atomic E-state index is -1.44. The molecule has 1 N–H and O–H groups in total. The van der Waals surface area contributed by atoms with E-state index < -0.39 is 17.5 Å². The Morgan fingerprint density at radius 3 is 2.65 bits per heavy atom. The van der Waals surface area contributed by atoms with Crippen molar-refractivity contribution in [2.45, 2.75) is 81.5 Å². The molecule has 144 valence electrons. The average molecular weight is 366 g/mol. The number of carbonyl (C=O) groups is 2. The maximum Gasteiger partial charge on any atom is 0.410 e. The molecule has 0 radical (unpaired) electrons. The molecule has 5 fully saturated rings. The van der Waals surface area contributed by atoms with E-state index in [1.807, 2.05) is 0 Å². The van der Waals surface area contributed by atoms with E-state index in [2.05, 4.69) is 5.48 Å². The average Bonchev–Trinajstić information content (AvgIpc) is 3.36. The lowest BCUT2D eigenvalue weighted by atomic mass is 9.93. The van der Waals surface area contributed by atoms with E-state index in [9.17, 15) is 9.59 Å². The number of nitrogens with one attached hydrogen (secondary N) is 1. The van der Waals surface area contributed by atoms with E-state index in [1.165, 1.54) is 0 Å². The fourth-order valence-electron chi connectivity index (χ4n) is 5.08. The van der Waals surface area contributed by atoms with Crippen LogP contribution in [0.15, 0.2) is 0 Å². The third kappa shape index (κ3) is 2.53. The summed E-state index contributed by atoms with van der Waals surface area (Å²) in [4.78, 5) is 32.5. The maximum absolute atomic E-state index is 12.7. The lowest BCUT2D eigenvalue weighted by Crippen LogP contribution is -2.47. The van der Waals surface area contributed by atoms with Gasteiger partial charge in [-0.2, -0.15) is 5.48 Å². The molecule has 0 bridgehead atoms. The molecule has 3 saturated heterocycles. The van der Waals surface area contributed by atoms with Gasteiger partial charge in [0.1, 0.15) is 6.10 Å². The zero-order valence-electron chi connectivity index (χ0n) is 14.9. The molecule has 0 aromatic rings. The second-order valence-corrected chi connectivity index (χ2v) is 8.26. The van der Waals surface area contributed by atoms with Gasteiger partial charge in [0, 0.05) is 25.9 Å². The zero-order valence-corrected chi connectivity index (χ0v) is 14.9. The molecule has 8 heteroatoms. The van der Waals surface area contributed by atoms with Gasteiger partial charge in [-0.3, -0.25) is 9.57 Å². The SMILES string of the molecule is O=C(OC1CCCC1)N1CC2NOC3(OC4(CCCCC4)OC3=O)C2C1. The van der Waals surface area contributed by atoms with E-state index in [-0.39, 0.29) is 24.2 Å². The third-order valence-electron chi connectivity index (χ3n) is 6.51. The minimum Gasteiger partial charge on any atom is -0.446 e. The van der Waals surface area contributed by atoms with Crippen molar-refractivity contribution in [1.82, 2.24) is 10.4 Å². The number of nitrogens with zero attached hydrogens (tertiary/aromatic N) is 1. The van der Waals surface area contributed by atoms with E-state index in [4.69, 9.17) is 19.0 Å². The van der Waals surface area contributed by atoms with Crippen LogP contribution in [0.3, 0.4) is 0 Å². The van der Waals surface area contributed by atoms with Gasteiger partial charge in [-0.15, -0.1) is 0 Å². The van der Waals surface area contributed by atoms with Crippen molar-refractivity contribution in [2.75, 3.05) is 13.1 Å². The number of hydrogen-bond donors (Lipinski definition) is 1. The van der Waals surface area contributed by atoms with Crippen LogP contribution in [0.5, 0.6) is 0 Å². The molecule has 26 heavy (non-hydrogen) atoms. The lowest BCUT2D eigenvalue weighted by Gasteiger charge is -2.32. The lowest BCUT2D eigenvalue weighted by molar-refractivity contribution is -0.282. The highest BCUT2D eigenvalue weighted by atomic mass is 16.9. The molecular weight excluding hydrogens is 340 g/mol. The Morgan fingerprint density at radius 1 is 1.12 bits per heavy atom. The predicted octanol–water partition coefficient (Wildman–Crippen LogP) is 1.83. The molecule has 1 amide bonds. The first-order valence-electron chi connectivity index (χ1n) is 9.93. The first-order chi connectivity index (χ1) is 12.6. The van der Waals surface area contributed by atoms with Crippen LogP contribution in [-0.4, -0.2) is 53.8 Å². The molecule has 0 aromatic carbocycles. The number of carbonyl (C=O) groups excluding carboxylic acids is 2. The van der Waals surface area contributed by atoms with Gasteiger partial charge in [-0.1, -0.05) is 6.42 Å². The molecule has 3 unspecified atom stereocenters. The zero-order chi connectivity index (χ0) is 17.8. The quantitative estimate of drug-likeness (QED) is 0.709. The third-order valence-corrected chi connectivity index (χ3v) is 6.51. The number of rotatable bonds is 1. The normalized spacial score (nSPS) is 38.9. The van der Waals surface area contributed by atoms with Gasteiger partial charge >= 0.3 is 12.1 Å². The monoisotopic (exact) mass is 366 g/mol. The molecule has 8 nitrogen and oxygen atoms in total. The second kappa shape index (κ2) is 6.07. The summed E-state index contributed by atoms with van der Waals surface area (Å²) in [6.45, 7) is 0.815. The van der Waals surface area contributed by atoms with Gasteiger partial charge < -0.3 is 14.4 Å². The van der Waals surface area contributed by atoms with E-state index >= 15 is 0 Å². The molecular formula is C18H26N2O6. The van der Waals surface area contributed by atoms with Crippen LogP contribution in [-0.2, 0) is 23.8 Å². The van der Waals surface area contributed by atoms with Crippen LogP contribution in [0.4, 0.5) is 4.79 Å². The van der Waals surface area contributed by atoms with Crippen molar-refractivity contribution < 1.29 is 28.6 Å². The van der Waals surface area contributed by atoms with Crippen molar-refractivity contribution in [1.29, 1.82) is 0 Å². The van der Waals surface area contributed by atoms with Crippen LogP contribution in [0, 0.1) is 5.92 Å². The molecule has 3 atom stereocenters. The maximum atomic E-state index is 12.7. The highest BCUT2D eigenvalue weighted by Crippen LogP contribution is 2.49. The predicted molar refractivity (Wildman–Crippen MR) is 87.5 cm³/mol. The minimum absolute atomic E-state index is 0.0271. The number of fused-ring (bicyclic) bond motifs is 2. The van der Waals surface area contributed by atoms with Crippen molar-refractivity contribution >= 4 is 12.1 Å². The van der Waals surface area contributed by atoms with E-state index in [0.29, 0.717) is 25.9 Å². The Labute approximate surface area is 152 Å². The summed E-state index contributed by atoms with van der Waals surface area (Å²) in [5.41, 5.74) is 2.91. The molecule has 0 aromatic heterocycles. The number of hydroxylamine groups is 1. The standard InChI is InChI=1S/C18H26N2O6/c21-15-18(25-17(24-15)8-4-1-5-9-17)13-10-20(11-14(13)19-26-18)16(22)23-12-6-2-3-7-12/h12-14,19H,1-11H2. The van der Waals surface area contributed by atoms with Gasteiger partial charge in [0.05, 0.1) is 12.0 Å². The summed E-state index contributed by atoms with van der Waals surface area (Å²) < 4.78 is 17.5. The molecule has 5 aliphatic rings. The van der Waals surface area contributed by atoms with Crippen molar-refractivity contribution in [3.8, 4) is 0 Å². The van der Waals surface area contributed by atoms with Gasteiger partial charge in [-0.05, 0) is 38.5 Å². The van der Waals surface area contributed by atoms with Gasteiger partial charge in [0.15, 0.2) is 0 Å². The van der Waals surface area contributed by atoms with Crippen LogP contribution < -0.4 is 5.48 Å². The topological polar surface area (TPSA) is 86.3 Å². The summed E-state index contributed by atoms with van der Waals surface area (Å²) in [7, 11) is 0. The molecule has 3 heterocycles. The van der Waals surface area contributed by atoms with Crippen LogP contribution >= 0.6 is 0 Å². The number of esters is 1. The molecule has 5 rings (SSSR count). The van der Waals surface area contributed by atoms with Gasteiger partial charge in [0.2, 0.25) is 5.79 Å². The summed E-state index contributed by atoms with van der Waals surface area (Å²) in [5, 5.41) is 0. The summed E-state index contributed by atoms with van der Waals surface area (Å²) >= 11 is 0. The largest absolute Gasteiger partial charge is 0.446 e. The van der Waals surface area contributed by atoms with E-state index in [0.717, 1.165) is 44.9 Å².